The van der Waals surface area contributed by atoms with E-state index in [0.717, 1.165) is 39.1 Å². The van der Waals surface area contributed by atoms with Crippen molar-refractivity contribution in [1.82, 2.24) is 0 Å². The Balaban J connectivity index is 1.18. The lowest BCUT2D eigenvalue weighted by Gasteiger charge is -2.15. The molecule has 3 heteroatoms. The van der Waals surface area contributed by atoms with Gasteiger partial charge in [-0.1, -0.05) is 199 Å². The number of aryl methyl sites for hydroxylation is 4. The van der Waals surface area contributed by atoms with Gasteiger partial charge in [0.05, 0.1) is 0 Å². The van der Waals surface area contributed by atoms with Crippen molar-refractivity contribution in [2.24, 2.45) is 0 Å². The number of hydrogen-bond donors (Lipinski definition) is 0. The van der Waals surface area contributed by atoms with Crippen LogP contribution in [0.1, 0.15) is 114 Å². The lowest BCUT2D eigenvalue weighted by Crippen LogP contribution is -2.16. The average Bonchev–Trinajstić information content (AvgIpc) is 3.35. The molecule has 0 aromatic heterocycles. The molecule has 0 heterocycles. The fourth-order valence-corrected chi connectivity index (χ4v) is 12.5. The topological polar surface area (TPSA) is 0 Å². The number of thioether (sulfide) groups is 1. The molecule has 0 nitrogen and oxygen atoms in total. The fraction of sp³-hybridized carbons (Fsp3) is 0.286. The molecule has 0 spiro atoms. The largest absolute Gasteiger partial charge is 0.129 e. The molecule has 0 aliphatic rings. The summed E-state index contributed by atoms with van der Waals surface area (Å²) in [6.07, 6.45) is 10.5. The predicted molar refractivity (Wildman–Crippen MR) is 329 cm³/mol. The van der Waals surface area contributed by atoms with Gasteiger partial charge in [0.15, 0.2) is 0 Å². The third-order valence-corrected chi connectivity index (χ3v) is 16.8. The van der Waals surface area contributed by atoms with Crippen molar-refractivity contribution in [2.75, 3.05) is 5.75 Å². The van der Waals surface area contributed by atoms with Crippen LogP contribution in [0.5, 0.6) is 0 Å². The Labute approximate surface area is 443 Å². The molecule has 0 atom stereocenters. The van der Waals surface area contributed by atoms with Gasteiger partial charge in [-0.15, -0.1) is 22.8 Å². The summed E-state index contributed by atoms with van der Waals surface area (Å²) in [5.41, 5.74) is 18.6. The lowest BCUT2D eigenvalue weighted by molar-refractivity contribution is 0.586. The molecular weight excluding hydrogens is 929 g/mol. The van der Waals surface area contributed by atoms with E-state index >= 15 is 0 Å². The highest BCUT2D eigenvalue weighted by atomic mass is 32.2. The van der Waals surface area contributed by atoms with E-state index in [4.69, 9.17) is 0 Å². The fourth-order valence-electron chi connectivity index (χ4n) is 10.5. The second-order valence-corrected chi connectivity index (χ2v) is 33.1. The number of unbranched alkanes of at least 4 members (excludes halogenated alkanes) is 7. The van der Waals surface area contributed by atoms with Gasteiger partial charge in [-0.05, 0) is 169 Å². The molecule has 0 saturated heterocycles. The highest BCUT2D eigenvalue weighted by Crippen LogP contribution is 2.41. The van der Waals surface area contributed by atoms with Crippen LogP contribution in [0, 0.1) is 74.3 Å². The van der Waals surface area contributed by atoms with Crippen molar-refractivity contribution < 1.29 is 0 Å². The maximum Gasteiger partial charge on any atom is 0.129 e. The Hall–Kier alpha value is -6.44. The third kappa shape index (κ3) is 11.7. The van der Waals surface area contributed by atoms with Crippen LogP contribution in [0.3, 0.4) is 0 Å². The first-order valence-electron chi connectivity index (χ1n) is 26.7. The van der Waals surface area contributed by atoms with E-state index in [-0.39, 0.29) is 0 Å². The van der Waals surface area contributed by atoms with Crippen molar-refractivity contribution >= 4 is 92.5 Å². The Kier molecular flexibility index (Phi) is 15.5. The van der Waals surface area contributed by atoms with Crippen LogP contribution in [0.15, 0.2) is 120 Å². The van der Waals surface area contributed by atoms with Gasteiger partial charge in [0.1, 0.15) is 16.1 Å². The molecule has 0 amide bonds. The van der Waals surface area contributed by atoms with Gasteiger partial charge in [0.25, 0.3) is 0 Å². The minimum atomic E-state index is -1.62. The third-order valence-electron chi connectivity index (χ3n) is 14.0. The molecule has 9 aromatic carbocycles. The van der Waals surface area contributed by atoms with E-state index in [1.807, 2.05) is 11.8 Å². The maximum atomic E-state index is 3.74. The molecule has 0 unspecified atom stereocenters. The Bertz CT molecular complexity index is 3660. The number of rotatable bonds is 10. The van der Waals surface area contributed by atoms with Crippen LogP contribution < -0.4 is 0 Å². The van der Waals surface area contributed by atoms with Crippen LogP contribution in [0.4, 0.5) is 0 Å². The van der Waals surface area contributed by atoms with Gasteiger partial charge in [-0.2, -0.15) is 0 Å². The predicted octanol–water partition coefficient (Wildman–Crippen LogP) is 19.3. The molecule has 0 bridgehead atoms. The van der Waals surface area contributed by atoms with Gasteiger partial charge in [-0.25, -0.2) is 0 Å². The smallest absolute Gasteiger partial charge is 0.127 e. The summed E-state index contributed by atoms with van der Waals surface area (Å²) in [5, 5.41) is 14.9. The van der Waals surface area contributed by atoms with E-state index in [0.29, 0.717) is 0 Å². The first kappa shape index (κ1) is 51.5. The molecule has 0 saturated carbocycles. The summed E-state index contributed by atoms with van der Waals surface area (Å²) in [4.78, 5) is 1.22. The second-order valence-electron chi connectivity index (χ2n) is 22.5. The first-order chi connectivity index (χ1) is 35.1. The lowest BCUT2D eigenvalue weighted by atomic mass is 9.88. The zero-order chi connectivity index (χ0) is 51.4. The molecule has 0 radical (unpaired) electrons. The van der Waals surface area contributed by atoms with E-state index in [1.165, 1.54) is 143 Å². The summed E-state index contributed by atoms with van der Waals surface area (Å²) in [6, 6.07) is 42.7. The van der Waals surface area contributed by atoms with Gasteiger partial charge in [0, 0.05) is 38.3 Å². The Morgan fingerprint density at radius 3 is 1.07 bits per heavy atom. The molecule has 0 N–H and O–H groups in total. The van der Waals surface area contributed by atoms with Gasteiger partial charge >= 0.3 is 0 Å². The molecule has 9 aromatic rings. The van der Waals surface area contributed by atoms with E-state index < -0.39 is 16.1 Å². The first-order valence-corrected chi connectivity index (χ1v) is 34.7. The molecular formula is C70H70SSi2. The second kappa shape index (κ2) is 22.0. The van der Waals surface area contributed by atoms with Gasteiger partial charge in [-0.3, -0.25) is 0 Å². The molecule has 73 heavy (non-hydrogen) atoms. The van der Waals surface area contributed by atoms with E-state index in [2.05, 4.69) is 236 Å². The average molecular weight is 1000 g/mol. The Morgan fingerprint density at radius 1 is 0.370 bits per heavy atom. The molecule has 0 aliphatic heterocycles. The van der Waals surface area contributed by atoms with Crippen LogP contribution in [0.2, 0.25) is 39.3 Å². The van der Waals surface area contributed by atoms with Gasteiger partial charge < -0.3 is 0 Å². The van der Waals surface area contributed by atoms with E-state index in [9.17, 15) is 0 Å². The normalized spacial score (nSPS) is 11.6. The zero-order valence-electron chi connectivity index (χ0n) is 45.2. The quantitative estimate of drug-likeness (QED) is 0.0433. The standard InChI is InChI=1S/C70H70SSi2/c1-12-13-14-15-16-17-18-19-38-71-60-42-52(32-34-54-44-58-46-56(36-39-72(6,7)8)63-30-22-26-50(4)67(63)69(58)65-48(2)24-20-28-61(54)65)41-53(43-60)33-35-55-45-59-47-57(37-40-73(9,10)11)64-31-23-27-51(5)68(64)70(59)66-49(3)25-21-29-62(55)66/h20-31,41-47H,12-19,38H2,1-11H3. The minimum Gasteiger partial charge on any atom is -0.127 e. The molecule has 364 valence electrons. The summed E-state index contributed by atoms with van der Waals surface area (Å²) in [5.74, 6) is 23.3. The molecule has 9 rings (SSSR count). The van der Waals surface area contributed by atoms with Crippen LogP contribution in [-0.4, -0.2) is 21.9 Å². The summed E-state index contributed by atoms with van der Waals surface area (Å²) < 4.78 is 0. The number of fused-ring (bicyclic) bond motifs is 10. The monoisotopic (exact) mass is 998 g/mol. The highest BCUT2D eigenvalue weighted by Gasteiger charge is 2.18. The zero-order valence-corrected chi connectivity index (χ0v) is 48.1. The molecule has 0 fully saturated rings. The Morgan fingerprint density at radius 2 is 0.712 bits per heavy atom. The highest BCUT2D eigenvalue weighted by molar-refractivity contribution is 7.99. The van der Waals surface area contributed by atoms with Crippen LogP contribution >= 0.6 is 11.8 Å². The SMILES string of the molecule is CCCCCCCCCCSc1cc(C#Cc2cc3cc(C#C[Si](C)(C)C)c4cccc(C)c4c3c3c(C)cccc23)cc(C#Cc2cc3cc(C#C[Si](C)(C)C)c4cccc(C)c4c3c3c(C)cccc23)c1. The summed E-state index contributed by atoms with van der Waals surface area (Å²) in [7, 11) is -3.25. The summed E-state index contributed by atoms with van der Waals surface area (Å²) in [6.45, 7) is 25.1. The van der Waals surface area contributed by atoms with Gasteiger partial charge in [0.2, 0.25) is 0 Å². The van der Waals surface area contributed by atoms with Crippen LogP contribution in [0.25, 0.3) is 64.6 Å². The van der Waals surface area contributed by atoms with E-state index in [1.54, 1.807) is 0 Å². The number of hydrogen-bond acceptors (Lipinski definition) is 1. The molecule has 0 aliphatic carbocycles. The van der Waals surface area contributed by atoms with Crippen LogP contribution in [-0.2, 0) is 0 Å². The van der Waals surface area contributed by atoms with Crippen molar-refractivity contribution in [3.8, 4) is 46.6 Å². The maximum absolute atomic E-state index is 3.74. The van der Waals surface area contributed by atoms with Crippen molar-refractivity contribution in [3.63, 3.8) is 0 Å². The van der Waals surface area contributed by atoms with Crippen molar-refractivity contribution in [2.45, 2.75) is 130 Å². The van der Waals surface area contributed by atoms with Crippen molar-refractivity contribution in [1.29, 1.82) is 0 Å². The summed E-state index contributed by atoms with van der Waals surface area (Å²) >= 11 is 1.94. The van der Waals surface area contributed by atoms with Crippen molar-refractivity contribution in [3.05, 3.63) is 171 Å². The number of benzene rings is 9. The minimum absolute atomic E-state index is 0.981.